The van der Waals surface area contributed by atoms with Gasteiger partial charge < -0.3 is 14.2 Å². The Bertz CT molecular complexity index is 1090. The highest BCUT2D eigenvalue weighted by molar-refractivity contribution is 7.18. The molecule has 8 heteroatoms. The molecular weight excluding hydrogens is 428 g/mol. The lowest BCUT2D eigenvalue weighted by Crippen LogP contribution is -2.44. The number of ether oxygens (including phenoxy) is 3. The molecule has 1 aliphatic rings. The highest BCUT2D eigenvalue weighted by Gasteiger charge is 2.38. The summed E-state index contributed by atoms with van der Waals surface area (Å²) in [5.74, 6) is 0.417. The number of carbonyl (C=O) groups excluding carboxylic acids is 2. The van der Waals surface area contributed by atoms with Crippen LogP contribution in [0.1, 0.15) is 36.0 Å². The van der Waals surface area contributed by atoms with E-state index in [9.17, 15) is 9.59 Å². The van der Waals surface area contributed by atoms with Crippen LogP contribution in [-0.2, 0) is 27.3 Å². The van der Waals surface area contributed by atoms with Gasteiger partial charge in [0.1, 0.15) is 17.4 Å². The molecule has 7 nitrogen and oxygen atoms in total. The number of fused-ring (bicyclic) bond motifs is 2. The van der Waals surface area contributed by atoms with Crippen LogP contribution in [-0.4, -0.2) is 42.2 Å². The summed E-state index contributed by atoms with van der Waals surface area (Å²) in [5.41, 5.74) is 2.65. The zero-order chi connectivity index (χ0) is 22.7. The van der Waals surface area contributed by atoms with Gasteiger partial charge in [0.2, 0.25) is 0 Å². The zero-order valence-electron chi connectivity index (χ0n) is 18.4. The molecule has 0 spiro atoms. The summed E-state index contributed by atoms with van der Waals surface area (Å²) in [4.78, 5) is 31.2. The van der Waals surface area contributed by atoms with Crippen molar-refractivity contribution in [2.45, 2.75) is 32.9 Å². The van der Waals surface area contributed by atoms with E-state index in [0.29, 0.717) is 31.9 Å². The first-order chi connectivity index (χ1) is 15.5. The van der Waals surface area contributed by atoms with E-state index in [0.717, 1.165) is 26.4 Å². The highest BCUT2D eigenvalue weighted by atomic mass is 32.1. The van der Waals surface area contributed by atoms with Gasteiger partial charge >= 0.3 is 12.1 Å². The van der Waals surface area contributed by atoms with Crippen molar-refractivity contribution in [2.24, 2.45) is 5.92 Å². The molecule has 0 N–H and O–H groups in total. The number of rotatable bonds is 6. The fourth-order valence-electron chi connectivity index (χ4n) is 3.70. The van der Waals surface area contributed by atoms with E-state index >= 15 is 0 Å². The maximum absolute atomic E-state index is 12.6. The van der Waals surface area contributed by atoms with Crippen molar-refractivity contribution >= 4 is 33.6 Å². The molecule has 3 aromatic rings. The number of esters is 1. The van der Waals surface area contributed by atoms with E-state index in [2.05, 4.69) is 4.98 Å². The molecule has 0 saturated carbocycles. The van der Waals surface area contributed by atoms with Crippen molar-refractivity contribution in [2.75, 3.05) is 20.3 Å². The predicted molar refractivity (Wildman–Crippen MR) is 122 cm³/mol. The largest absolute Gasteiger partial charge is 0.486 e. The average molecular weight is 455 g/mol. The number of amides is 1. The fourth-order valence-corrected chi connectivity index (χ4v) is 4.58. The van der Waals surface area contributed by atoms with Gasteiger partial charge in [-0.2, -0.15) is 0 Å². The molecule has 1 unspecified atom stereocenters. The zero-order valence-corrected chi connectivity index (χ0v) is 19.2. The van der Waals surface area contributed by atoms with Crippen LogP contribution in [0.15, 0.2) is 42.5 Å². The Kier molecular flexibility index (Phi) is 6.60. The lowest BCUT2D eigenvalue weighted by Gasteiger charge is -2.35. The van der Waals surface area contributed by atoms with E-state index in [1.54, 1.807) is 11.3 Å². The van der Waals surface area contributed by atoms with E-state index in [4.69, 9.17) is 14.2 Å². The van der Waals surface area contributed by atoms with Gasteiger partial charge in [-0.3, -0.25) is 4.90 Å². The van der Waals surface area contributed by atoms with Crippen molar-refractivity contribution in [1.82, 2.24) is 9.88 Å². The molecular formula is C24H26N2O5S. The first-order valence-electron chi connectivity index (χ1n) is 10.6. The smallest absolute Gasteiger partial charge is 0.410 e. The van der Waals surface area contributed by atoms with Gasteiger partial charge in [-0.1, -0.05) is 32.0 Å². The van der Waals surface area contributed by atoms with Crippen LogP contribution >= 0.6 is 11.3 Å². The van der Waals surface area contributed by atoms with Crippen LogP contribution in [0.2, 0.25) is 0 Å². The van der Waals surface area contributed by atoms with E-state index in [-0.39, 0.29) is 5.92 Å². The number of nitrogens with zero attached hydrogens (tertiary/aromatic N) is 2. The molecule has 168 valence electrons. The number of para-hydroxylation sites is 1. The molecule has 0 fully saturated rings. The van der Waals surface area contributed by atoms with E-state index in [1.165, 1.54) is 12.0 Å². The second-order valence-electron chi connectivity index (χ2n) is 8.06. The standard InChI is InChI=1S/C24H26N2O5S/c1-15(2)13-31-24(28)26-11-10-16-12-17(8-9-18(16)22(26)23(27)29-3)30-14-21-25-19-6-4-5-7-20(19)32-21/h4-9,12,15,22H,10-11,13-14H2,1-3H3. The van der Waals surface area contributed by atoms with Crippen LogP contribution in [0, 0.1) is 5.92 Å². The number of benzene rings is 2. The summed E-state index contributed by atoms with van der Waals surface area (Å²) >= 11 is 1.61. The normalized spacial score (nSPS) is 15.5. The summed E-state index contributed by atoms with van der Waals surface area (Å²) in [6.45, 7) is 4.96. The number of methoxy groups -OCH3 is 1. The third-order valence-electron chi connectivity index (χ3n) is 5.24. The first-order valence-corrected chi connectivity index (χ1v) is 11.4. The molecule has 0 saturated heterocycles. The number of thiazole rings is 1. The Morgan fingerprint density at radius 2 is 2.03 bits per heavy atom. The average Bonchev–Trinajstić information content (AvgIpc) is 3.22. The van der Waals surface area contributed by atoms with Crippen LogP contribution < -0.4 is 4.74 Å². The van der Waals surface area contributed by atoms with Crippen molar-refractivity contribution in [3.63, 3.8) is 0 Å². The minimum absolute atomic E-state index is 0.211. The minimum atomic E-state index is -0.832. The number of aromatic nitrogens is 1. The fraction of sp³-hybridized carbons (Fsp3) is 0.375. The van der Waals surface area contributed by atoms with Crippen molar-refractivity contribution < 1.29 is 23.8 Å². The highest BCUT2D eigenvalue weighted by Crippen LogP contribution is 2.34. The minimum Gasteiger partial charge on any atom is -0.486 e. The summed E-state index contributed by atoms with van der Waals surface area (Å²) in [6.07, 6.45) is 0.0914. The van der Waals surface area contributed by atoms with Crippen LogP contribution in [0.5, 0.6) is 5.75 Å². The second-order valence-corrected chi connectivity index (χ2v) is 9.18. The molecule has 1 amide bonds. The van der Waals surface area contributed by atoms with Gasteiger partial charge in [-0.15, -0.1) is 11.3 Å². The lowest BCUT2D eigenvalue weighted by atomic mass is 9.92. The third-order valence-corrected chi connectivity index (χ3v) is 6.25. The molecule has 4 rings (SSSR count). The second kappa shape index (κ2) is 9.56. The lowest BCUT2D eigenvalue weighted by molar-refractivity contribution is -0.147. The van der Waals surface area contributed by atoms with Crippen molar-refractivity contribution in [3.05, 3.63) is 58.6 Å². The Hall–Kier alpha value is -3.13. The van der Waals surface area contributed by atoms with Gasteiger partial charge in [-0.05, 0) is 47.7 Å². The quantitative estimate of drug-likeness (QED) is 0.501. The Morgan fingerprint density at radius 1 is 1.22 bits per heavy atom. The first kappa shape index (κ1) is 22.1. The predicted octanol–water partition coefficient (Wildman–Crippen LogP) is 4.74. The molecule has 1 aromatic heterocycles. The summed E-state index contributed by atoms with van der Waals surface area (Å²) < 4.78 is 17.5. The van der Waals surface area contributed by atoms with Crippen LogP contribution in [0.4, 0.5) is 4.79 Å². The molecule has 2 aromatic carbocycles. The maximum Gasteiger partial charge on any atom is 0.410 e. The molecule has 2 heterocycles. The Labute approximate surface area is 190 Å². The van der Waals surface area contributed by atoms with E-state index in [1.807, 2.05) is 56.3 Å². The van der Waals surface area contributed by atoms with Gasteiger partial charge in [0.05, 0.1) is 23.9 Å². The van der Waals surface area contributed by atoms with Crippen LogP contribution in [0.25, 0.3) is 10.2 Å². The maximum atomic E-state index is 12.6. The molecule has 0 radical (unpaired) electrons. The third kappa shape index (κ3) is 4.70. The summed E-state index contributed by atoms with van der Waals surface area (Å²) in [7, 11) is 1.32. The van der Waals surface area contributed by atoms with Crippen molar-refractivity contribution in [1.29, 1.82) is 0 Å². The van der Waals surface area contributed by atoms with Gasteiger partial charge in [-0.25, -0.2) is 14.6 Å². The molecule has 1 aliphatic heterocycles. The SMILES string of the molecule is COC(=O)C1c2ccc(OCc3nc4ccccc4s3)cc2CCN1C(=O)OCC(C)C. The molecule has 1 atom stereocenters. The molecule has 0 bridgehead atoms. The molecule has 0 aliphatic carbocycles. The van der Waals surface area contributed by atoms with E-state index < -0.39 is 18.1 Å². The topological polar surface area (TPSA) is 78.0 Å². The van der Waals surface area contributed by atoms with Crippen LogP contribution in [0.3, 0.4) is 0 Å². The molecule has 32 heavy (non-hydrogen) atoms. The monoisotopic (exact) mass is 454 g/mol. The Morgan fingerprint density at radius 3 is 2.78 bits per heavy atom. The number of hydrogen-bond acceptors (Lipinski definition) is 7. The summed E-state index contributed by atoms with van der Waals surface area (Å²) in [5, 5.41) is 0.899. The summed E-state index contributed by atoms with van der Waals surface area (Å²) in [6, 6.07) is 12.7. The van der Waals surface area contributed by atoms with Crippen molar-refractivity contribution in [3.8, 4) is 5.75 Å². The van der Waals surface area contributed by atoms with Gasteiger partial charge in [0.25, 0.3) is 0 Å². The number of hydrogen-bond donors (Lipinski definition) is 0. The number of carbonyl (C=O) groups is 2. The van der Waals surface area contributed by atoms with Gasteiger partial charge in [0, 0.05) is 6.54 Å². The van der Waals surface area contributed by atoms with Gasteiger partial charge in [0.15, 0.2) is 6.04 Å². The Balaban J connectivity index is 1.51.